The molecule has 1 aliphatic heterocycles. The minimum Gasteiger partial charge on any atom is -0.480 e. The van der Waals surface area contributed by atoms with Gasteiger partial charge in [-0.15, -0.1) is 0 Å². The molecular weight excluding hydrogens is 200 g/mol. The molecule has 1 fully saturated rings. The van der Waals surface area contributed by atoms with Crippen LogP contribution in [0.4, 0.5) is 0 Å². The van der Waals surface area contributed by atoms with Crippen LogP contribution in [0.3, 0.4) is 0 Å². The lowest BCUT2D eigenvalue weighted by molar-refractivity contribution is -0.140. The second kappa shape index (κ2) is 8.19. The highest BCUT2D eigenvalue weighted by Gasteiger charge is 2.18. The van der Waals surface area contributed by atoms with Crippen molar-refractivity contribution >= 4 is 11.9 Å². The van der Waals surface area contributed by atoms with Crippen LogP contribution in [0.15, 0.2) is 0 Å². The van der Waals surface area contributed by atoms with Crippen molar-refractivity contribution in [2.24, 2.45) is 0 Å². The maximum atomic E-state index is 10.3. The second-order valence-corrected chi connectivity index (χ2v) is 3.26. The predicted molar refractivity (Wildman–Crippen MR) is 54.8 cm³/mol. The Labute approximate surface area is 88.7 Å². The van der Waals surface area contributed by atoms with Gasteiger partial charge in [-0.3, -0.25) is 9.59 Å². The average molecular weight is 218 g/mol. The molecule has 6 nitrogen and oxygen atoms in total. The topological polar surface area (TPSA) is 98.7 Å². The molecule has 1 aliphatic rings. The van der Waals surface area contributed by atoms with Crippen LogP contribution in [-0.4, -0.2) is 48.3 Å². The van der Waals surface area contributed by atoms with Gasteiger partial charge in [0.05, 0.1) is 6.54 Å². The highest BCUT2D eigenvalue weighted by Crippen LogP contribution is 2.05. The molecule has 0 bridgehead atoms. The van der Waals surface area contributed by atoms with Crippen LogP contribution in [-0.2, 0) is 9.59 Å². The summed E-state index contributed by atoms with van der Waals surface area (Å²) in [6.07, 6.45) is 2.95. The van der Waals surface area contributed by atoms with E-state index in [1.165, 1.54) is 0 Å². The standard InChI is InChI=1S/C6H11NO2.C3H7NO2/c8-6(9)5-3-1-2-4-7-5;1-4-2-3(5)6/h5,7H,1-4H2,(H,8,9);4H,2H2,1H3,(H,5,6). The van der Waals surface area contributed by atoms with Crippen molar-refractivity contribution in [2.75, 3.05) is 20.1 Å². The van der Waals surface area contributed by atoms with Crippen molar-refractivity contribution in [1.29, 1.82) is 0 Å². The summed E-state index contributed by atoms with van der Waals surface area (Å²) >= 11 is 0. The molecule has 1 atom stereocenters. The Hall–Kier alpha value is -1.14. The van der Waals surface area contributed by atoms with Gasteiger partial charge < -0.3 is 20.8 Å². The first-order valence-electron chi connectivity index (χ1n) is 4.90. The van der Waals surface area contributed by atoms with Crippen molar-refractivity contribution < 1.29 is 19.8 Å². The van der Waals surface area contributed by atoms with Gasteiger partial charge in [0.2, 0.25) is 0 Å². The second-order valence-electron chi connectivity index (χ2n) is 3.26. The Bertz CT molecular complexity index is 202. The fourth-order valence-electron chi connectivity index (χ4n) is 1.21. The van der Waals surface area contributed by atoms with E-state index in [1.54, 1.807) is 7.05 Å². The van der Waals surface area contributed by atoms with Gasteiger partial charge in [-0.05, 0) is 26.4 Å². The number of nitrogens with one attached hydrogen (secondary N) is 2. The van der Waals surface area contributed by atoms with E-state index in [9.17, 15) is 9.59 Å². The van der Waals surface area contributed by atoms with Gasteiger partial charge >= 0.3 is 11.9 Å². The number of carbonyl (C=O) groups is 2. The molecule has 0 aromatic heterocycles. The Morgan fingerprint density at radius 3 is 2.27 bits per heavy atom. The molecule has 4 N–H and O–H groups in total. The summed E-state index contributed by atoms with van der Waals surface area (Å²) in [5, 5.41) is 21.7. The van der Waals surface area contributed by atoms with Gasteiger partial charge in [0.15, 0.2) is 0 Å². The molecule has 0 aliphatic carbocycles. The summed E-state index contributed by atoms with van der Waals surface area (Å²) in [5.74, 6) is -1.53. The number of carboxylic acids is 2. The van der Waals surface area contributed by atoms with E-state index in [-0.39, 0.29) is 12.6 Å². The zero-order valence-electron chi connectivity index (χ0n) is 8.82. The van der Waals surface area contributed by atoms with Crippen LogP contribution in [0.2, 0.25) is 0 Å². The quantitative estimate of drug-likeness (QED) is 0.510. The van der Waals surface area contributed by atoms with Crippen molar-refractivity contribution in [3.05, 3.63) is 0 Å². The molecule has 0 aromatic rings. The van der Waals surface area contributed by atoms with Crippen LogP contribution in [0.1, 0.15) is 19.3 Å². The number of hydrogen-bond acceptors (Lipinski definition) is 4. The molecule has 1 unspecified atom stereocenters. The van der Waals surface area contributed by atoms with Gasteiger partial charge in [0, 0.05) is 0 Å². The molecule has 0 saturated carbocycles. The average Bonchev–Trinajstić information content (AvgIpc) is 2.20. The van der Waals surface area contributed by atoms with E-state index >= 15 is 0 Å². The van der Waals surface area contributed by atoms with E-state index in [4.69, 9.17) is 10.2 Å². The largest absolute Gasteiger partial charge is 0.480 e. The van der Waals surface area contributed by atoms with Gasteiger partial charge in [0.25, 0.3) is 0 Å². The molecule has 6 heteroatoms. The van der Waals surface area contributed by atoms with E-state index in [0.717, 1.165) is 25.8 Å². The number of piperidine rings is 1. The monoisotopic (exact) mass is 218 g/mol. The minimum atomic E-state index is -0.822. The molecule has 1 saturated heterocycles. The molecule has 0 aromatic carbocycles. The van der Waals surface area contributed by atoms with E-state index < -0.39 is 11.9 Å². The number of rotatable bonds is 3. The summed E-state index contributed by atoms with van der Waals surface area (Å²) in [5.41, 5.74) is 0. The first kappa shape index (κ1) is 13.9. The number of likely N-dealkylation sites (N-methyl/N-ethyl adjacent to an activating group) is 1. The van der Waals surface area contributed by atoms with Crippen LogP contribution >= 0.6 is 0 Å². The lowest BCUT2D eigenvalue weighted by atomic mass is 10.1. The Morgan fingerprint density at radius 1 is 1.40 bits per heavy atom. The summed E-state index contributed by atoms with van der Waals surface area (Å²) in [7, 11) is 1.59. The SMILES string of the molecule is CNCC(=O)O.O=C(O)C1CCCCN1. The molecule has 1 heterocycles. The molecule has 0 amide bonds. The predicted octanol–water partition coefficient (Wildman–Crippen LogP) is -0.496. The number of hydrogen-bond donors (Lipinski definition) is 4. The summed E-state index contributed by atoms with van der Waals surface area (Å²) in [4.78, 5) is 19.8. The van der Waals surface area contributed by atoms with Crippen molar-refractivity contribution in [2.45, 2.75) is 25.3 Å². The Morgan fingerprint density at radius 2 is 2.07 bits per heavy atom. The van der Waals surface area contributed by atoms with Crippen molar-refractivity contribution in [1.82, 2.24) is 10.6 Å². The normalized spacial score (nSPS) is 19.9. The minimum absolute atomic E-state index is 0.0417. The van der Waals surface area contributed by atoms with E-state index in [0.29, 0.717) is 0 Å². The third-order valence-corrected chi connectivity index (χ3v) is 1.94. The van der Waals surface area contributed by atoms with Crippen molar-refractivity contribution in [3.8, 4) is 0 Å². The fourth-order valence-corrected chi connectivity index (χ4v) is 1.21. The lowest BCUT2D eigenvalue weighted by Crippen LogP contribution is -2.40. The third kappa shape index (κ3) is 7.90. The Balaban J connectivity index is 0.000000288. The fraction of sp³-hybridized carbons (Fsp3) is 0.778. The molecule has 0 spiro atoms. The van der Waals surface area contributed by atoms with Gasteiger partial charge in [-0.1, -0.05) is 6.42 Å². The zero-order valence-corrected chi connectivity index (χ0v) is 8.82. The molecule has 15 heavy (non-hydrogen) atoms. The van der Waals surface area contributed by atoms with Gasteiger partial charge in [-0.2, -0.15) is 0 Å². The van der Waals surface area contributed by atoms with Crippen LogP contribution in [0.25, 0.3) is 0 Å². The van der Waals surface area contributed by atoms with Crippen LogP contribution in [0.5, 0.6) is 0 Å². The van der Waals surface area contributed by atoms with Crippen LogP contribution in [0, 0.1) is 0 Å². The van der Waals surface area contributed by atoms with Gasteiger partial charge in [-0.25, -0.2) is 0 Å². The summed E-state index contributed by atoms with van der Waals surface area (Å²) in [6.45, 7) is 0.900. The van der Waals surface area contributed by atoms with E-state index in [1.807, 2.05) is 0 Å². The van der Waals surface area contributed by atoms with Crippen LogP contribution < -0.4 is 10.6 Å². The zero-order chi connectivity index (χ0) is 11.7. The maximum absolute atomic E-state index is 10.3. The molecular formula is C9H18N2O4. The van der Waals surface area contributed by atoms with Gasteiger partial charge in [0.1, 0.15) is 6.04 Å². The first-order valence-corrected chi connectivity index (χ1v) is 4.90. The highest BCUT2D eigenvalue weighted by molar-refractivity contribution is 5.73. The maximum Gasteiger partial charge on any atom is 0.320 e. The summed E-state index contributed by atoms with van der Waals surface area (Å²) < 4.78 is 0. The molecule has 0 radical (unpaired) electrons. The smallest absolute Gasteiger partial charge is 0.320 e. The number of aliphatic carboxylic acids is 2. The number of carboxylic acid groups (broad SMARTS) is 2. The summed E-state index contributed by atoms with van der Waals surface area (Å²) in [6, 6.07) is -0.279. The molecule has 88 valence electrons. The Kier molecular flexibility index (Phi) is 7.57. The van der Waals surface area contributed by atoms with Crippen molar-refractivity contribution in [3.63, 3.8) is 0 Å². The lowest BCUT2D eigenvalue weighted by Gasteiger charge is -2.18. The molecule has 1 rings (SSSR count). The first-order chi connectivity index (χ1) is 7.07. The highest BCUT2D eigenvalue weighted by atomic mass is 16.4. The third-order valence-electron chi connectivity index (χ3n) is 1.94. The van der Waals surface area contributed by atoms with E-state index in [2.05, 4.69) is 10.6 Å².